The number of aromatic nitrogens is 1. The molecule has 0 spiro atoms. The predicted molar refractivity (Wildman–Crippen MR) is 97.9 cm³/mol. The normalized spacial score (nSPS) is 10.3. The van der Waals surface area contributed by atoms with Gasteiger partial charge in [0.1, 0.15) is 0 Å². The van der Waals surface area contributed by atoms with Gasteiger partial charge in [0.05, 0.1) is 5.56 Å². The zero-order chi connectivity index (χ0) is 17.8. The molecule has 0 atom stereocenters. The van der Waals surface area contributed by atoms with Crippen LogP contribution in [0.15, 0.2) is 54.0 Å². The number of aromatic carboxylic acids is 1. The van der Waals surface area contributed by atoms with Crippen molar-refractivity contribution < 1.29 is 14.7 Å². The number of amides is 1. The van der Waals surface area contributed by atoms with Crippen molar-refractivity contribution in [2.45, 2.75) is 6.92 Å². The summed E-state index contributed by atoms with van der Waals surface area (Å²) in [5, 5.41) is 17.6. The molecule has 0 saturated heterocycles. The van der Waals surface area contributed by atoms with Gasteiger partial charge < -0.3 is 15.7 Å². The Balaban J connectivity index is 1.79. The van der Waals surface area contributed by atoms with E-state index in [1.807, 2.05) is 18.4 Å². The van der Waals surface area contributed by atoms with E-state index in [9.17, 15) is 9.59 Å². The van der Waals surface area contributed by atoms with Crippen LogP contribution < -0.4 is 10.6 Å². The van der Waals surface area contributed by atoms with Crippen LogP contribution in [0.25, 0.3) is 0 Å². The summed E-state index contributed by atoms with van der Waals surface area (Å²) in [4.78, 5) is 27.7. The second kappa shape index (κ2) is 7.14. The lowest BCUT2D eigenvalue weighted by molar-refractivity contribution is 0.0696. The fourth-order valence-corrected chi connectivity index (χ4v) is 2.78. The van der Waals surface area contributed by atoms with Crippen molar-refractivity contribution in [2.75, 3.05) is 10.6 Å². The maximum absolute atomic E-state index is 12.5. The first kappa shape index (κ1) is 16.7. The Bertz CT molecular complexity index is 923. The third-order valence-corrected chi connectivity index (χ3v) is 4.23. The average molecular weight is 353 g/mol. The monoisotopic (exact) mass is 353 g/mol. The topological polar surface area (TPSA) is 91.3 Å². The molecule has 0 radical (unpaired) electrons. The van der Waals surface area contributed by atoms with Gasteiger partial charge in [-0.1, -0.05) is 12.1 Å². The van der Waals surface area contributed by atoms with E-state index < -0.39 is 5.97 Å². The van der Waals surface area contributed by atoms with E-state index in [1.54, 1.807) is 30.5 Å². The number of nitrogens with one attached hydrogen (secondary N) is 2. The summed E-state index contributed by atoms with van der Waals surface area (Å²) < 4.78 is 0. The Hall–Kier alpha value is -3.19. The molecule has 3 aromatic rings. The molecule has 2 aromatic carbocycles. The van der Waals surface area contributed by atoms with E-state index >= 15 is 0 Å². The van der Waals surface area contributed by atoms with Gasteiger partial charge in [0.25, 0.3) is 5.91 Å². The molecule has 3 N–H and O–H groups in total. The largest absolute Gasteiger partial charge is 0.478 e. The summed E-state index contributed by atoms with van der Waals surface area (Å²) in [6.07, 6.45) is 1.70. The number of carbonyl (C=O) groups is 2. The van der Waals surface area contributed by atoms with E-state index in [4.69, 9.17) is 5.11 Å². The van der Waals surface area contributed by atoms with Crippen LogP contribution in [0.3, 0.4) is 0 Å². The van der Waals surface area contributed by atoms with Gasteiger partial charge in [-0.2, -0.15) is 0 Å². The van der Waals surface area contributed by atoms with Crippen molar-refractivity contribution in [3.8, 4) is 0 Å². The fraction of sp³-hybridized carbons (Fsp3) is 0.0556. The van der Waals surface area contributed by atoms with Crippen LogP contribution in [0.4, 0.5) is 16.5 Å². The van der Waals surface area contributed by atoms with Crippen molar-refractivity contribution in [3.63, 3.8) is 0 Å². The van der Waals surface area contributed by atoms with Gasteiger partial charge in [-0.3, -0.25) is 4.79 Å². The van der Waals surface area contributed by atoms with Gasteiger partial charge in [-0.05, 0) is 42.8 Å². The first-order valence-electron chi connectivity index (χ1n) is 7.45. The maximum atomic E-state index is 12.5. The van der Waals surface area contributed by atoms with Crippen molar-refractivity contribution in [1.82, 2.24) is 4.98 Å². The molecule has 0 aliphatic rings. The van der Waals surface area contributed by atoms with E-state index in [0.29, 0.717) is 11.3 Å². The number of anilines is 3. The van der Waals surface area contributed by atoms with E-state index in [0.717, 1.165) is 16.4 Å². The van der Waals surface area contributed by atoms with Crippen LogP contribution in [0.1, 0.15) is 26.3 Å². The summed E-state index contributed by atoms with van der Waals surface area (Å²) in [6.45, 7) is 1.81. The highest BCUT2D eigenvalue weighted by atomic mass is 32.1. The summed E-state index contributed by atoms with van der Waals surface area (Å²) >= 11 is 1.46. The second-order valence-corrected chi connectivity index (χ2v) is 6.23. The Morgan fingerprint density at radius 3 is 2.68 bits per heavy atom. The summed E-state index contributed by atoms with van der Waals surface area (Å²) in [7, 11) is 0. The zero-order valence-electron chi connectivity index (χ0n) is 13.3. The zero-order valence-corrected chi connectivity index (χ0v) is 14.1. The van der Waals surface area contributed by atoms with Crippen LogP contribution in [0.2, 0.25) is 0 Å². The Labute approximate surface area is 148 Å². The lowest BCUT2D eigenvalue weighted by Crippen LogP contribution is -2.13. The highest BCUT2D eigenvalue weighted by Gasteiger charge is 2.11. The Morgan fingerprint density at radius 1 is 1.12 bits per heavy atom. The predicted octanol–water partition coefficient (Wildman–Crippen LogP) is 4.15. The Kier molecular flexibility index (Phi) is 4.76. The van der Waals surface area contributed by atoms with Crippen LogP contribution in [0, 0.1) is 6.92 Å². The summed E-state index contributed by atoms with van der Waals surface area (Å²) in [5.41, 5.74) is 2.60. The molecular formula is C18H15N3O3S. The molecule has 0 aliphatic carbocycles. The molecule has 0 bridgehead atoms. The minimum atomic E-state index is -1.04. The first-order chi connectivity index (χ1) is 12.0. The molecule has 7 heteroatoms. The number of carboxylic acid groups (broad SMARTS) is 1. The lowest BCUT2D eigenvalue weighted by atomic mass is 10.1. The van der Waals surface area contributed by atoms with Crippen molar-refractivity contribution in [2.24, 2.45) is 0 Å². The quantitative estimate of drug-likeness (QED) is 0.641. The second-order valence-electron chi connectivity index (χ2n) is 5.33. The summed E-state index contributed by atoms with van der Waals surface area (Å²) in [5.74, 6) is -1.35. The third-order valence-electron chi connectivity index (χ3n) is 3.54. The van der Waals surface area contributed by atoms with Gasteiger partial charge in [0, 0.05) is 28.5 Å². The van der Waals surface area contributed by atoms with Gasteiger partial charge in [0.15, 0.2) is 5.13 Å². The van der Waals surface area contributed by atoms with E-state index in [1.165, 1.54) is 23.5 Å². The number of hydrogen-bond acceptors (Lipinski definition) is 5. The average Bonchev–Trinajstić information content (AvgIpc) is 3.09. The van der Waals surface area contributed by atoms with Gasteiger partial charge >= 0.3 is 5.97 Å². The molecule has 0 fully saturated rings. The number of benzene rings is 2. The highest BCUT2D eigenvalue weighted by molar-refractivity contribution is 7.13. The SMILES string of the molecule is Cc1ccc(C(=O)O)cc1NC(=O)c1cccc(Nc2nccs2)c1. The molecule has 126 valence electrons. The van der Waals surface area contributed by atoms with Crippen LogP contribution in [-0.2, 0) is 0 Å². The maximum Gasteiger partial charge on any atom is 0.335 e. The molecule has 0 saturated carbocycles. The molecule has 3 rings (SSSR count). The number of carboxylic acids is 1. The molecular weight excluding hydrogens is 338 g/mol. The molecule has 6 nitrogen and oxygen atoms in total. The molecule has 1 amide bonds. The highest BCUT2D eigenvalue weighted by Crippen LogP contribution is 2.21. The molecule has 1 heterocycles. The lowest BCUT2D eigenvalue weighted by Gasteiger charge is -2.10. The smallest absolute Gasteiger partial charge is 0.335 e. The molecule has 1 aromatic heterocycles. The molecule has 25 heavy (non-hydrogen) atoms. The van der Waals surface area contributed by atoms with Crippen molar-refractivity contribution in [3.05, 3.63) is 70.7 Å². The van der Waals surface area contributed by atoms with Crippen molar-refractivity contribution >= 4 is 39.7 Å². The van der Waals surface area contributed by atoms with Crippen LogP contribution in [-0.4, -0.2) is 22.0 Å². The molecule has 0 aliphatic heterocycles. The number of nitrogens with zero attached hydrogens (tertiary/aromatic N) is 1. The minimum absolute atomic E-state index is 0.125. The van der Waals surface area contributed by atoms with Gasteiger partial charge in [-0.25, -0.2) is 9.78 Å². The number of rotatable bonds is 5. The van der Waals surface area contributed by atoms with Crippen molar-refractivity contribution in [1.29, 1.82) is 0 Å². The Morgan fingerprint density at radius 2 is 1.96 bits per heavy atom. The number of aryl methyl sites for hydroxylation is 1. The van der Waals surface area contributed by atoms with E-state index in [2.05, 4.69) is 15.6 Å². The van der Waals surface area contributed by atoms with Crippen LogP contribution >= 0.6 is 11.3 Å². The summed E-state index contributed by atoms with van der Waals surface area (Å²) in [6, 6.07) is 11.6. The number of hydrogen-bond donors (Lipinski definition) is 3. The number of carbonyl (C=O) groups excluding carboxylic acids is 1. The third kappa shape index (κ3) is 4.02. The van der Waals surface area contributed by atoms with Gasteiger partial charge in [0.2, 0.25) is 0 Å². The minimum Gasteiger partial charge on any atom is -0.478 e. The fourth-order valence-electron chi connectivity index (χ4n) is 2.23. The first-order valence-corrected chi connectivity index (χ1v) is 8.33. The van der Waals surface area contributed by atoms with E-state index in [-0.39, 0.29) is 11.5 Å². The molecule has 0 unspecified atom stereocenters. The van der Waals surface area contributed by atoms with Crippen LogP contribution in [0.5, 0.6) is 0 Å². The number of thiazole rings is 1. The standard InChI is InChI=1S/C18H15N3O3S/c1-11-5-6-13(17(23)24)10-15(11)21-16(22)12-3-2-4-14(9-12)20-18-19-7-8-25-18/h2-10H,1H3,(H,19,20)(H,21,22)(H,23,24). The van der Waals surface area contributed by atoms with Gasteiger partial charge in [-0.15, -0.1) is 11.3 Å².